The van der Waals surface area contributed by atoms with Crippen molar-refractivity contribution in [1.29, 1.82) is 0 Å². The van der Waals surface area contributed by atoms with Gasteiger partial charge in [0.2, 0.25) is 0 Å². The average Bonchev–Trinajstić information content (AvgIpc) is 2.74. The summed E-state index contributed by atoms with van der Waals surface area (Å²) < 4.78 is 5.20. The second kappa shape index (κ2) is 9.50. The van der Waals surface area contributed by atoms with Gasteiger partial charge in [-0.2, -0.15) is 0 Å². The van der Waals surface area contributed by atoms with Crippen LogP contribution in [0.4, 0.5) is 5.69 Å². The molecule has 0 atom stereocenters. The molecule has 0 spiro atoms. The van der Waals surface area contributed by atoms with Gasteiger partial charge in [-0.25, -0.2) is 0 Å². The predicted octanol–water partition coefficient (Wildman–Crippen LogP) is 3.62. The first-order valence-electron chi connectivity index (χ1n) is 9.29. The fourth-order valence-corrected chi connectivity index (χ4v) is 2.86. The number of ether oxygens (including phenoxy) is 1. The highest BCUT2D eigenvalue weighted by Gasteiger charge is 2.12. The molecule has 2 aromatic carbocycles. The minimum absolute atomic E-state index is 0.273. The summed E-state index contributed by atoms with van der Waals surface area (Å²) in [6.45, 7) is 2.42. The Hall–Kier alpha value is -3.67. The van der Waals surface area contributed by atoms with Crippen LogP contribution >= 0.6 is 0 Å². The van der Waals surface area contributed by atoms with Crippen molar-refractivity contribution < 1.29 is 14.3 Å². The van der Waals surface area contributed by atoms with Crippen LogP contribution in [0.25, 0.3) is 0 Å². The smallest absolute Gasteiger partial charge is 0.257 e. The molecule has 1 heterocycles. The van der Waals surface area contributed by atoms with Gasteiger partial charge in [0.15, 0.2) is 0 Å². The Balaban J connectivity index is 1.59. The van der Waals surface area contributed by atoms with E-state index in [1.54, 1.807) is 13.2 Å². The van der Waals surface area contributed by atoms with Gasteiger partial charge < -0.3 is 15.4 Å². The van der Waals surface area contributed by atoms with Gasteiger partial charge >= 0.3 is 0 Å². The molecular weight excluding hydrogens is 366 g/mol. The monoisotopic (exact) mass is 389 g/mol. The van der Waals surface area contributed by atoms with Crippen LogP contribution < -0.4 is 15.4 Å². The predicted molar refractivity (Wildman–Crippen MR) is 112 cm³/mol. The first-order chi connectivity index (χ1) is 14.0. The van der Waals surface area contributed by atoms with Crippen LogP contribution in [0.15, 0.2) is 67.0 Å². The van der Waals surface area contributed by atoms with E-state index in [9.17, 15) is 9.59 Å². The largest absolute Gasteiger partial charge is 0.497 e. The van der Waals surface area contributed by atoms with Crippen molar-refractivity contribution >= 4 is 17.5 Å². The number of hydrogen-bond acceptors (Lipinski definition) is 4. The lowest BCUT2D eigenvalue weighted by Gasteiger charge is -2.09. The summed E-state index contributed by atoms with van der Waals surface area (Å²) in [7, 11) is 1.62. The topological polar surface area (TPSA) is 80.3 Å². The molecule has 6 heteroatoms. The molecule has 2 amide bonds. The molecule has 3 aromatic rings. The Labute approximate surface area is 169 Å². The number of aromatic nitrogens is 1. The van der Waals surface area contributed by atoms with E-state index in [2.05, 4.69) is 15.6 Å². The van der Waals surface area contributed by atoms with Gasteiger partial charge in [0, 0.05) is 24.6 Å². The number of benzene rings is 2. The Kier molecular flexibility index (Phi) is 6.58. The number of hydrogen-bond donors (Lipinski definition) is 2. The van der Waals surface area contributed by atoms with Crippen molar-refractivity contribution in [2.24, 2.45) is 0 Å². The zero-order chi connectivity index (χ0) is 20.6. The highest BCUT2D eigenvalue weighted by atomic mass is 16.5. The molecule has 0 fully saturated rings. The van der Waals surface area contributed by atoms with Gasteiger partial charge in [-0.05, 0) is 54.8 Å². The molecule has 29 heavy (non-hydrogen) atoms. The molecule has 0 radical (unpaired) electrons. The molecule has 0 aliphatic heterocycles. The normalized spacial score (nSPS) is 10.3. The van der Waals surface area contributed by atoms with Crippen molar-refractivity contribution in [2.75, 3.05) is 19.0 Å². The maximum Gasteiger partial charge on any atom is 0.257 e. The molecule has 0 bridgehead atoms. The maximum absolute atomic E-state index is 12.5. The molecule has 2 N–H and O–H groups in total. The van der Waals surface area contributed by atoms with Gasteiger partial charge in [-0.15, -0.1) is 0 Å². The van der Waals surface area contributed by atoms with Crippen molar-refractivity contribution in [3.05, 3.63) is 89.2 Å². The second-order valence-electron chi connectivity index (χ2n) is 6.64. The van der Waals surface area contributed by atoms with Gasteiger partial charge in [0.1, 0.15) is 5.75 Å². The number of amides is 2. The average molecular weight is 389 g/mol. The Morgan fingerprint density at radius 1 is 0.966 bits per heavy atom. The minimum atomic E-state index is -0.311. The lowest BCUT2D eigenvalue weighted by Crippen LogP contribution is -2.26. The number of carbonyl (C=O) groups excluding carboxylic acids is 2. The molecular formula is C23H23N3O3. The summed E-state index contributed by atoms with van der Waals surface area (Å²) in [5.74, 6) is 0.199. The van der Waals surface area contributed by atoms with Crippen LogP contribution in [-0.2, 0) is 6.42 Å². The lowest BCUT2D eigenvalue weighted by molar-refractivity contribution is 0.0953. The number of carbonyl (C=O) groups is 2. The quantitative estimate of drug-likeness (QED) is 0.647. The SMILES string of the molecule is COc1cccc(CCNC(=O)c2cncc(C(=O)Nc3cccc(C)c3)c2)c1. The van der Waals surface area contributed by atoms with Crippen LogP contribution in [0.5, 0.6) is 5.75 Å². The summed E-state index contributed by atoms with van der Waals surface area (Å²) in [5, 5.41) is 5.67. The maximum atomic E-state index is 12.5. The standard InChI is InChI=1S/C23H23N3O3/c1-16-5-3-7-20(11-16)26-23(28)19-13-18(14-24-15-19)22(27)25-10-9-17-6-4-8-21(12-17)29-2/h3-8,11-15H,9-10H2,1-2H3,(H,25,27)(H,26,28). The third kappa shape index (κ3) is 5.65. The fraction of sp³-hybridized carbons (Fsp3) is 0.174. The van der Waals surface area contributed by atoms with Crippen LogP contribution in [0.2, 0.25) is 0 Å². The fourth-order valence-electron chi connectivity index (χ4n) is 2.86. The first-order valence-corrected chi connectivity index (χ1v) is 9.29. The number of pyridine rings is 1. The summed E-state index contributed by atoms with van der Waals surface area (Å²) >= 11 is 0. The Morgan fingerprint density at radius 3 is 2.48 bits per heavy atom. The molecule has 0 aliphatic rings. The van der Waals surface area contributed by atoms with Crippen LogP contribution in [0, 0.1) is 6.92 Å². The number of nitrogens with zero attached hydrogens (tertiary/aromatic N) is 1. The summed E-state index contributed by atoms with van der Waals surface area (Å²) in [4.78, 5) is 28.9. The number of aryl methyl sites for hydroxylation is 1. The van der Waals surface area contributed by atoms with Crippen molar-refractivity contribution in [3.8, 4) is 5.75 Å². The van der Waals surface area contributed by atoms with Gasteiger partial charge in [0.05, 0.1) is 18.2 Å². The number of anilines is 1. The third-order valence-electron chi connectivity index (χ3n) is 4.37. The van der Waals surface area contributed by atoms with E-state index in [-0.39, 0.29) is 11.8 Å². The Morgan fingerprint density at radius 2 is 1.72 bits per heavy atom. The van der Waals surface area contributed by atoms with Crippen LogP contribution in [0.3, 0.4) is 0 Å². The van der Waals surface area contributed by atoms with Crippen molar-refractivity contribution in [3.63, 3.8) is 0 Å². The van der Waals surface area contributed by atoms with Gasteiger partial charge in [-0.3, -0.25) is 14.6 Å². The molecule has 0 saturated heterocycles. The summed E-state index contributed by atoms with van der Waals surface area (Å²) in [6.07, 6.45) is 3.56. The molecule has 148 valence electrons. The first kappa shape index (κ1) is 20.1. The summed E-state index contributed by atoms with van der Waals surface area (Å²) in [5.41, 5.74) is 3.47. The van der Waals surface area contributed by atoms with E-state index in [1.165, 1.54) is 12.4 Å². The van der Waals surface area contributed by atoms with Crippen LogP contribution in [-0.4, -0.2) is 30.5 Å². The third-order valence-corrected chi connectivity index (χ3v) is 4.37. The van der Waals surface area contributed by atoms with E-state index < -0.39 is 0 Å². The highest BCUT2D eigenvalue weighted by molar-refractivity contribution is 6.05. The van der Waals surface area contributed by atoms with E-state index >= 15 is 0 Å². The molecule has 0 unspecified atom stereocenters. The number of rotatable bonds is 7. The molecule has 6 nitrogen and oxygen atoms in total. The van der Waals surface area contributed by atoms with E-state index in [0.717, 1.165) is 16.9 Å². The van der Waals surface area contributed by atoms with E-state index in [0.29, 0.717) is 29.8 Å². The van der Waals surface area contributed by atoms with Crippen molar-refractivity contribution in [2.45, 2.75) is 13.3 Å². The zero-order valence-corrected chi connectivity index (χ0v) is 16.4. The highest BCUT2D eigenvalue weighted by Crippen LogP contribution is 2.13. The molecule has 0 aliphatic carbocycles. The second-order valence-corrected chi connectivity index (χ2v) is 6.64. The van der Waals surface area contributed by atoms with E-state index in [4.69, 9.17) is 4.74 Å². The van der Waals surface area contributed by atoms with Crippen LogP contribution in [0.1, 0.15) is 31.8 Å². The van der Waals surface area contributed by atoms with Crippen molar-refractivity contribution in [1.82, 2.24) is 10.3 Å². The number of methoxy groups -OCH3 is 1. The number of nitrogens with one attached hydrogen (secondary N) is 2. The van der Waals surface area contributed by atoms with Gasteiger partial charge in [0.25, 0.3) is 11.8 Å². The molecule has 0 saturated carbocycles. The van der Waals surface area contributed by atoms with Gasteiger partial charge in [-0.1, -0.05) is 24.3 Å². The molecule has 1 aromatic heterocycles. The Bertz CT molecular complexity index is 1020. The minimum Gasteiger partial charge on any atom is -0.497 e. The lowest BCUT2D eigenvalue weighted by atomic mass is 10.1. The molecule has 3 rings (SSSR count). The zero-order valence-electron chi connectivity index (χ0n) is 16.4. The summed E-state index contributed by atoms with van der Waals surface area (Å²) in [6, 6.07) is 16.8. The van der Waals surface area contributed by atoms with E-state index in [1.807, 2.05) is 55.5 Å².